The van der Waals surface area contributed by atoms with Crippen molar-refractivity contribution >= 4 is 16.7 Å². The molecular weight excluding hydrogens is 170 g/mol. The highest BCUT2D eigenvalue weighted by Gasteiger charge is 2.05. The van der Waals surface area contributed by atoms with Crippen LogP contribution in [0, 0.1) is 0 Å². The monoisotopic (exact) mass is 179 g/mol. The first kappa shape index (κ1) is 7.94. The van der Waals surface area contributed by atoms with Crippen LogP contribution in [0.5, 0.6) is 5.75 Å². The van der Waals surface area contributed by atoms with Gasteiger partial charge in [0.2, 0.25) is 0 Å². The molecule has 1 aromatic carbocycles. The number of hydrogen-bond donors (Lipinski definition) is 2. The average Bonchev–Trinajstić information content (AvgIpc) is 2.49. The molecule has 0 amide bonds. The summed E-state index contributed by atoms with van der Waals surface area (Å²) in [5.41, 5.74) is 4.05. The summed E-state index contributed by atoms with van der Waals surface area (Å²) in [5, 5.41) is 10.0. The molecule has 0 atom stereocenters. The van der Waals surface area contributed by atoms with Crippen LogP contribution >= 0.6 is 0 Å². The van der Waals surface area contributed by atoms with Crippen LogP contribution < -0.4 is 5.48 Å². The molecule has 13 heavy (non-hydrogen) atoms. The summed E-state index contributed by atoms with van der Waals surface area (Å²) >= 11 is 0. The van der Waals surface area contributed by atoms with Gasteiger partial charge >= 0.3 is 0 Å². The van der Waals surface area contributed by atoms with E-state index >= 15 is 0 Å². The maximum absolute atomic E-state index is 9.16. The summed E-state index contributed by atoms with van der Waals surface area (Å²) in [5.74, 6) is 0.186. The van der Waals surface area contributed by atoms with Crippen LogP contribution in [0.3, 0.4) is 0 Å². The van der Waals surface area contributed by atoms with E-state index in [-0.39, 0.29) is 5.75 Å². The predicted octanol–water partition coefficient (Wildman–Crippen LogP) is 2.11. The molecule has 0 saturated carbocycles. The van der Waals surface area contributed by atoms with Crippen LogP contribution in [0.15, 0.2) is 28.9 Å². The highest BCUT2D eigenvalue weighted by molar-refractivity contribution is 5.90. The molecular formula is C9H9NO3. The largest absolute Gasteiger partial charge is 0.508 e. The minimum absolute atomic E-state index is 0.186. The van der Waals surface area contributed by atoms with Crippen LogP contribution in [-0.4, -0.2) is 12.2 Å². The zero-order chi connectivity index (χ0) is 9.26. The topological polar surface area (TPSA) is 54.6 Å². The van der Waals surface area contributed by atoms with Crippen molar-refractivity contribution in [3.05, 3.63) is 24.5 Å². The molecule has 2 rings (SSSR count). The first-order valence-corrected chi connectivity index (χ1v) is 3.80. The minimum atomic E-state index is 0.186. The molecule has 68 valence electrons. The molecule has 2 aromatic rings. The molecule has 0 spiro atoms. The second kappa shape index (κ2) is 2.99. The number of fused-ring (bicyclic) bond motifs is 1. The molecule has 0 saturated heterocycles. The zero-order valence-corrected chi connectivity index (χ0v) is 7.07. The Morgan fingerprint density at radius 3 is 3.08 bits per heavy atom. The average molecular weight is 179 g/mol. The lowest BCUT2D eigenvalue weighted by molar-refractivity contribution is 0.271. The van der Waals surface area contributed by atoms with Gasteiger partial charge < -0.3 is 9.52 Å². The number of phenolic OH excluding ortho intramolecular Hbond substituents is 1. The minimum Gasteiger partial charge on any atom is -0.508 e. The summed E-state index contributed by atoms with van der Waals surface area (Å²) in [7, 11) is 1.53. The van der Waals surface area contributed by atoms with Gasteiger partial charge in [-0.05, 0) is 12.1 Å². The van der Waals surface area contributed by atoms with E-state index in [2.05, 4.69) is 5.48 Å². The number of rotatable bonds is 2. The van der Waals surface area contributed by atoms with Crippen LogP contribution in [0.4, 0.5) is 5.69 Å². The standard InChI is InChI=1S/C9H9NO3/c1-12-10-8-5-13-9-4-6(11)2-3-7(8)9/h2-5,10-11H,1H3. The Kier molecular flexibility index (Phi) is 1.83. The van der Waals surface area contributed by atoms with E-state index in [4.69, 9.17) is 14.4 Å². The third-order valence-electron chi connectivity index (χ3n) is 1.77. The third-order valence-corrected chi connectivity index (χ3v) is 1.77. The van der Waals surface area contributed by atoms with Crippen molar-refractivity contribution in [3.63, 3.8) is 0 Å². The molecule has 4 nitrogen and oxygen atoms in total. The van der Waals surface area contributed by atoms with E-state index in [9.17, 15) is 0 Å². The number of aromatic hydroxyl groups is 1. The van der Waals surface area contributed by atoms with Crippen molar-refractivity contribution in [2.45, 2.75) is 0 Å². The predicted molar refractivity (Wildman–Crippen MR) is 48.5 cm³/mol. The molecule has 0 aliphatic carbocycles. The fourth-order valence-electron chi connectivity index (χ4n) is 1.21. The van der Waals surface area contributed by atoms with E-state index < -0.39 is 0 Å². The van der Waals surface area contributed by atoms with Gasteiger partial charge in [0.15, 0.2) is 0 Å². The van der Waals surface area contributed by atoms with Crippen LogP contribution in [0.2, 0.25) is 0 Å². The Labute approximate surface area is 74.7 Å². The lowest BCUT2D eigenvalue weighted by Crippen LogP contribution is -1.93. The summed E-state index contributed by atoms with van der Waals surface area (Å²) < 4.78 is 5.18. The normalized spacial score (nSPS) is 10.5. The number of hydrogen-bond acceptors (Lipinski definition) is 4. The molecule has 0 bridgehead atoms. The fourth-order valence-corrected chi connectivity index (χ4v) is 1.21. The van der Waals surface area contributed by atoms with Gasteiger partial charge in [-0.3, -0.25) is 10.3 Å². The smallest absolute Gasteiger partial charge is 0.139 e. The highest BCUT2D eigenvalue weighted by atomic mass is 16.6. The van der Waals surface area contributed by atoms with E-state index in [1.54, 1.807) is 18.2 Å². The van der Waals surface area contributed by atoms with E-state index in [1.807, 2.05) is 0 Å². The number of benzene rings is 1. The maximum atomic E-state index is 9.16. The summed E-state index contributed by atoms with van der Waals surface area (Å²) in [4.78, 5) is 4.75. The van der Waals surface area contributed by atoms with Gasteiger partial charge in [0.1, 0.15) is 23.3 Å². The van der Waals surface area contributed by atoms with Gasteiger partial charge in [-0.15, -0.1) is 0 Å². The second-order valence-corrected chi connectivity index (χ2v) is 2.64. The first-order valence-electron chi connectivity index (χ1n) is 3.80. The second-order valence-electron chi connectivity index (χ2n) is 2.64. The molecule has 4 heteroatoms. The Morgan fingerprint density at radius 1 is 1.46 bits per heavy atom. The lowest BCUT2D eigenvalue weighted by Gasteiger charge is -1.98. The van der Waals surface area contributed by atoms with Crippen molar-refractivity contribution in [2.75, 3.05) is 12.6 Å². The Balaban J connectivity index is 2.55. The van der Waals surface area contributed by atoms with Gasteiger partial charge in [-0.2, -0.15) is 0 Å². The summed E-state index contributed by atoms with van der Waals surface area (Å²) in [6, 6.07) is 4.91. The van der Waals surface area contributed by atoms with Crippen molar-refractivity contribution in [1.29, 1.82) is 0 Å². The summed E-state index contributed by atoms with van der Waals surface area (Å²) in [6.45, 7) is 0. The van der Waals surface area contributed by atoms with Gasteiger partial charge in [-0.25, -0.2) is 0 Å². The van der Waals surface area contributed by atoms with Crippen LogP contribution in [0.25, 0.3) is 11.0 Å². The Bertz CT molecular complexity index is 422. The van der Waals surface area contributed by atoms with Gasteiger partial charge in [-0.1, -0.05) is 0 Å². The number of phenols is 1. The van der Waals surface area contributed by atoms with E-state index in [0.717, 1.165) is 11.1 Å². The van der Waals surface area contributed by atoms with E-state index in [0.29, 0.717) is 5.58 Å². The molecule has 0 aliphatic rings. The van der Waals surface area contributed by atoms with Gasteiger partial charge in [0, 0.05) is 11.5 Å². The molecule has 2 N–H and O–H groups in total. The van der Waals surface area contributed by atoms with Gasteiger partial charge in [0.05, 0.1) is 7.11 Å². The number of anilines is 1. The summed E-state index contributed by atoms with van der Waals surface area (Å²) in [6.07, 6.45) is 1.54. The number of furan rings is 1. The quantitative estimate of drug-likeness (QED) is 0.693. The van der Waals surface area contributed by atoms with Gasteiger partial charge in [0.25, 0.3) is 0 Å². The van der Waals surface area contributed by atoms with E-state index in [1.165, 1.54) is 13.4 Å². The Hall–Kier alpha value is -1.68. The number of nitrogens with one attached hydrogen (secondary N) is 1. The van der Waals surface area contributed by atoms with Crippen LogP contribution in [-0.2, 0) is 4.84 Å². The van der Waals surface area contributed by atoms with Crippen molar-refractivity contribution in [2.24, 2.45) is 0 Å². The zero-order valence-electron chi connectivity index (χ0n) is 7.07. The Morgan fingerprint density at radius 2 is 2.31 bits per heavy atom. The molecule has 0 unspecified atom stereocenters. The molecule has 0 aliphatic heterocycles. The maximum Gasteiger partial charge on any atom is 0.139 e. The molecule has 1 aromatic heterocycles. The van der Waals surface area contributed by atoms with Crippen molar-refractivity contribution in [3.8, 4) is 5.75 Å². The van der Waals surface area contributed by atoms with Crippen molar-refractivity contribution < 1.29 is 14.4 Å². The molecule has 0 radical (unpaired) electrons. The third kappa shape index (κ3) is 1.31. The molecule has 0 fully saturated rings. The van der Waals surface area contributed by atoms with Crippen molar-refractivity contribution in [1.82, 2.24) is 0 Å². The fraction of sp³-hybridized carbons (Fsp3) is 0.111. The lowest BCUT2D eigenvalue weighted by atomic mass is 10.2. The highest BCUT2D eigenvalue weighted by Crippen LogP contribution is 2.28. The van der Waals surface area contributed by atoms with Crippen LogP contribution in [0.1, 0.15) is 0 Å². The first-order chi connectivity index (χ1) is 6.31. The molecule has 1 heterocycles. The SMILES string of the molecule is CONc1coc2cc(O)ccc12.